The fourth-order valence-corrected chi connectivity index (χ4v) is 4.17. The van der Waals surface area contributed by atoms with Crippen LogP contribution in [0.15, 0.2) is 10.7 Å². The quantitative estimate of drug-likeness (QED) is 0.726. The zero-order chi connectivity index (χ0) is 20.7. The molecule has 3 aromatic rings. The van der Waals surface area contributed by atoms with Crippen molar-refractivity contribution in [3.05, 3.63) is 40.1 Å². The van der Waals surface area contributed by atoms with Crippen molar-refractivity contribution in [3.63, 3.8) is 0 Å². The van der Waals surface area contributed by atoms with Crippen molar-refractivity contribution in [2.24, 2.45) is 7.05 Å². The van der Waals surface area contributed by atoms with Crippen molar-refractivity contribution in [3.8, 4) is 11.3 Å². The number of rotatable bonds is 4. The third-order valence-electron chi connectivity index (χ3n) is 6.01. The smallest absolute Gasteiger partial charge is 0.275 e. The van der Waals surface area contributed by atoms with Gasteiger partial charge >= 0.3 is 0 Å². The number of H-pyrrole nitrogens is 1. The van der Waals surface area contributed by atoms with Crippen LogP contribution in [0, 0.1) is 20.8 Å². The summed E-state index contributed by atoms with van der Waals surface area (Å²) in [7, 11) is 1.89. The van der Waals surface area contributed by atoms with Gasteiger partial charge in [-0.15, -0.1) is 0 Å². The van der Waals surface area contributed by atoms with Crippen LogP contribution in [0.1, 0.15) is 70.9 Å². The molecule has 1 saturated heterocycles. The van der Waals surface area contributed by atoms with Crippen LogP contribution in [-0.2, 0) is 13.5 Å². The van der Waals surface area contributed by atoms with E-state index in [4.69, 9.17) is 9.62 Å². The summed E-state index contributed by atoms with van der Waals surface area (Å²) in [6, 6.07) is -0.113. The number of nitrogens with one attached hydrogen (secondary N) is 1. The average Bonchev–Trinajstić information content (AvgIpc) is 3.38. The molecule has 29 heavy (non-hydrogen) atoms. The summed E-state index contributed by atoms with van der Waals surface area (Å²) in [4.78, 5) is 15.4. The van der Waals surface area contributed by atoms with Gasteiger partial charge in [-0.25, -0.2) is 0 Å². The minimum atomic E-state index is -0.113. The largest absolute Gasteiger partial charge is 0.356 e. The van der Waals surface area contributed by atoms with E-state index in [0.29, 0.717) is 12.2 Å². The topological polar surface area (TPSA) is 92.8 Å². The first-order chi connectivity index (χ1) is 13.9. The van der Waals surface area contributed by atoms with Gasteiger partial charge in [0.25, 0.3) is 5.91 Å². The van der Waals surface area contributed by atoms with E-state index in [1.54, 1.807) is 4.68 Å². The molecule has 0 aromatic carbocycles. The molecule has 0 bridgehead atoms. The van der Waals surface area contributed by atoms with Gasteiger partial charge in [-0.05, 0) is 46.5 Å². The summed E-state index contributed by atoms with van der Waals surface area (Å²) in [5.74, 6) is 0.693. The number of hydrogen-bond acceptors (Lipinski definition) is 5. The highest BCUT2D eigenvalue weighted by Gasteiger charge is 2.35. The first kappa shape index (κ1) is 19.4. The van der Waals surface area contributed by atoms with Crippen molar-refractivity contribution in [2.45, 2.75) is 59.4 Å². The van der Waals surface area contributed by atoms with E-state index in [0.717, 1.165) is 65.2 Å². The van der Waals surface area contributed by atoms with Crippen LogP contribution < -0.4 is 0 Å². The first-order valence-electron chi connectivity index (χ1n) is 10.2. The van der Waals surface area contributed by atoms with Crippen molar-refractivity contribution in [1.29, 1.82) is 0 Å². The Hall–Kier alpha value is -2.90. The van der Waals surface area contributed by atoms with Gasteiger partial charge in [0.15, 0.2) is 11.5 Å². The van der Waals surface area contributed by atoms with Gasteiger partial charge in [-0.1, -0.05) is 12.1 Å². The van der Waals surface area contributed by atoms with Gasteiger partial charge in [0, 0.05) is 36.6 Å². The van der Waals surface area contributed by atoms with E-state index in [9.17, 15) is 4.79 Å². The maximum atomic E-state index is 13.4. The molecule has 0 unspecified atom stereocenters. The fraction of sp³-hybridized carbons (Fsp3) is 0.524. The molecule has 3 aromatic heterocycles. The maximum absolute atomic E-state index is 13.4. The summed E-state index contributed by atoms with van der Waals surface area (Å²) >= 11 is 0. The molecule has 4 rings (SSSR count). The number of aromatic nitrogens is 5. The average molecular weight is 396 g/mol. The minimum Gasteiger partial charge on any atom is -0.356 e. The Morgan fingerprint density at radius 3 is 2.72 bits per heavy atom. The number of carbonyl (C=O) groups is 1. The monoisotopic (exact) mass is 396 g/mol. The number of nitrogens with zero attached hydrogens (tertiary/aromatic N) is 5. The lowest BCUT2D eigenvalue weighted by Crippen LogP contribution is -2.39. The molecular weight excluding hydrogens is 368 g/mol. The highest BCUT2D eigenvalue weighted by Crippen LogP contribution is 2.38. The lowest BCUT2D eigenvalue weighted by molar-refractivity contribution is 0.0599. The van der Waals surface area contributed by atoms with E-state index in [-0.39, 0.29) is 11.9 Å². The van der Waals surface area contributed by atoms with Crippen LogP contribution in [-0.4, -0.2) is 42.5 Å². The second-order valence-electron chi connectivity index (χ2n) is 7.86. The Labute approximate surface area is 170 Å². The second kappa shape index (κ2) is 7.50. The number of hydrogen-bond donors (Lipinski definition) is 1. The summed E-state index contributed by atoms with van der Waals surface area (Å²) < 4.78 is 7.41. The minimum absolute atomic E-state index is 0.0368. The molecule has 1 aliphatic heterocycles. The van der Waals surface area contributed by atoms with Crippen LogP contribution in [0.4, 0.5) is 0 Å². The zero-order valence-corrected chi connectivity index (χ0v) is 17.7. The molecule has 154 valence electrons. The molecule has 4 heterocycles. The van der Waals surface area contributed by atoms with Crippen LogP contribution in [0.3, 0.4) is 0 Å². The van der Waals surface area contributed by atoms with Gasteiger partial charge in [0.2, 0.25) is 0 Å². The Kier molecular flexibility index (Phi) is 5.02. The number of aromatic amines is 1. The summed E-state index contributed by atoms with van der Waals surface area (Å²) in [5.41, 5.74) is 6.09. The number of aryl methyl sites for hydroxylation is 3. The van der Waals surface area contributed by atoms with Gasteiger partial charge in [-0.3, -0.25) is 14.6 Å². The molecular formula is C21H28N6O2. The molecule has 8 nitrogen and oxygen atoms in total. The Morgan fingerprint density at radius 2 is 2.07 bits per heavy atom. The molecule has 0 aliphatic carbocycles. The Morgan fingerprint density at radius 1 is 1.28 bits per heavy atom. The molecule has 8 heteroatoms. The van der Waals surface area contributed by atoms with Crippen molar-refractivity contribution in [1.82, 2.24) is 30.0 Å². The number of carbonyl (C=O) groups excluding carboxylic acids is 1. The van der Waals surface area contributed by atoms with Gasteiger partial charge in [-0.2, -0.15) is 10.2 Å². The van der Waals surface area contributed by atoms with E-state index in [1.807, 2.05) is 38.9 Å². The number of likely N-dealkylation sites (tertiary alicyclic amines) is 1. The number of piperidine rings is 1. The lowest BCUT2D eigenvalue weighted by Gasteiger charge is -2.35. The number of amides is 1. The van der Waals surface area contributed by atoms with Crippen LogP contribution >= 0.6 is 0 Å². The SMILES string of the molecule is CCc1[nH]nc(C(=O)N2CCCC[C@@H]2c2nn(C)cc2-c2onc(C)c2C)c1C. The molecule has 1 fully saturated rings. The van der Waals surface area contributed by atoms with E-state index >= 15 is 0 Å². The van der Waals surface area contributed by atoms with E-state index in [2.05, 4.69) is 22.3 Å². The Balaban J connectivity index is 1.74. The highest BCUT2D eigenvalue weighted by atomic mass is 16.5. The molecule has 0 saturated carbocycles. The fourth-order valence-electron chi connectivity index (χ4n) is 4.17. The third-order valence-corrected chi connectivity index (χ3v) is 6.01. The van der Waals surface area contributed by atoms with Crippen LogP contribution in [0.2, 0.25) is 0 Å². The van der Waals surface area contributed by atoms with Crippen LogP contribution in [0.5, 0.6) is 0 Å². The normalized spacial score (nSPS) is 17.1. The standard InChI is InChI=1S/C21H28N6O2/c1-6-16-13(3)18(23-22-16)21(28)27-10-8-7-9-17(27)19-15(11-26(5)24-19)20-12(2)14(4)25-29-20/h11,17H,6-10H2,1-5H3,(H,22,23)/t17-/m1/s1. The molecule has 0 radical (unpaired) electrons. The van der Waals surface area contributed by atoms with Crippen molar-refractivity contribution < 1.29 is 9.32 Å². The zero-order valence-electron chi connectivity index (χ0n) is 17.7. The molecule has 1 aliphatic rings. The molecule has 0 spiro atoms. The highest BCUT2D eigenvalue weighted by molar-refractivity contribution is 5.94. The Bertz CT molecular complexity index is 1040. The summed E-state index contributed by atoms with van der Waals surface area (Å²) in [6.07, 6.45) is 5.68. The van der Waals surface area contributed by atoms with E-state index < -0.39 is 0 Å². The summed E-state index contributed by atoms with van der Waals surface area (Å²) in [6.45, 7) is 8.64. The predicted octanol–water partition coefficient (Wildman–Crippen LogP) is 3.65. The van der Waals surface area contributed by atoms with E-state index in [1.165, 1.54) is 0 Å². The molecule has 1 amide bonds. The maximum Gasteiger partial charge on any atom is 0.275 e. The second-order valence-corrected chi connectivity index (χ2v) is 7.86. The van der Waals surface area contributed by atoms with Crippen molar-refractivity contribution >= 4 is 5.91 Å². The summed E-state index contributed by atoms with van der Waals surface area (Å²) in [5, 5.41) is 16.2. The van der Waals surface area contributed by atoms with Crippen molar-refractivity contribution in [2.75, 3.05) is 6.54 Å². The third kappa shape index (κ3) is 3.26. The first-order valence-corrected chi connectivity index (χ1v) is 10.2. The molecule has 1 N–H and O–H groups in total. The molecule has 1 atom stereocenters. The van der Waals surface area contributed by atoms with Crippen LogP contribution in [0.25, 0.3) is 11.3 Å². The van der Waals surface area contributed by atoms with Gasteiger partial charge in [0.1, 0.15) is 0 Å². The lowest BCUT2D eigenvalue weighted by atomic mass is 9.95. The van der Waals surface area contributed by atoms with Gasteiger partial charge in [0.05, 0.1) is 23.0 Å². The predicted molar refractivity (Wildman–Crippen MR) is 109 cm³/mol. The van der Waals surface area contributed by atoms with Gasteiger partial charge < -0.3 is 9.42 Å².